The monoisotopic (exact) mass is 439 g/mol. The minimum absolute atomic E-state index is 0.0536. The molecule has 0 spiro atoms. The van der Waals surface area contributed by atoms with Crippen molar-refractivity contribution in [3.8, 4) is 5.75 Å². The fourth-order valence-corrected chi connectivity index (χ4v) is 2.98. The van der Waals surface area contributed by atoms with Crippen molar-refractivity contribution in [2.45, 2.75) is 11.7 Å². The van der Waals surface area contributed by atoms with Crippen LogP contribution in [0.15, 0.2) is 6.20 Å². The van der Waals surface area contributed by atoms with Gasteiger partial charge in [-0.05, 0) is 22.6 Å². The van der Waals surface area contributed by atoms with Gasteiger partial charge in [-0.25, -0.2) is 9.78 Å². The molecule has 0 saturated carbocycles. The van der Waals surface area contributed by atoms with Gasteiger partial charge in [0.05, 0.1) is 16.9 Å². The fraction of sp³-hybridized carbons (Fsp3) is 0.333. The topological polar surface area (TPSA) is 48.4 Å². The lowest BCUT2D eigenvalue weighted by Crippen LogP contribution is -2.19. The van der Waals surface area contributed by atoms with Gasteiger partial charge in [-0.2, -0.15) is 0 Å². The molecule has 0 N–H and O–H groups in total. The number of halogens is 5. The number of methoxy groups -OCH3 is 1. The van der Waals surface area contributed by atoms with Gasteiger partial charge in [0.15, 0.2) is 11.4 Å². The number of aromatic nitrogens is 1. The number of hydrogen-bond donors (Lipinski definition) is 0. The Bertz CT molecular complexity index is 467. The van der Waals surface area contributed by atoms with Crippen molar-refractivity contribution in [2.75, 3.05) is 7.11 Å². The lowest BCUT2D eigenvalue weighted by Gasteiger charge is -2.14. The van der Waals surface area contributed by atoms with Crippen molar-refractivity contribution in [3.05, 3.63) is 21.0 Å². The van der Waals surface area contributed by atoms with Crippen molar-refractivity contribution < 1.29 is 27.4 Å². The van der Waals surface area contributed by atoms with E-state index in [-0.39, 0.29) is 20.2 Å². The average Bonchev–Trinajstić information content (AvgIpc) is 2.26. The number of rotatable bonds is 3. The fourth-order valence-electron chi connectivity index (χ4n) is 1.08. The highest BCUT2D eigenvalue weighted by Gasteiger charge is 2.33. The number of esters is 1. The molecule has 0 atom stereocenters. The Morgan fingerprint density at radius 2 is 2.17 bits per heavy atom. The molecule has 0 fully saturated rings. The van der Waals surface area contributed by atoms with Crippen molar-refractivity contribution >= 4 is 44.5 Å². The summed E-state index contributed by atoms with van der Waals surface area (Å²) in [4.78, 5) is 14.9. The lowest BCUT2D eigenvalue weighted by atomic mass is 10.2. The molecule has 1 heterocycles. The summed E-state index contributed by atoms with van der Waals surface area (Å²) in [5.74, 6) is -1.17. The second-order valence-electron chi connectivity index (χ2n) is 2.94. The zero-order chi connectivity index (χ0) is 13.9. The van der Waals surface area contributed by atoms with Gasteiger partial charge in [-0.1, -0.05) is 15.9 Å². The van der Waals surface area contributed by atoms with E-state index in [1.165, 1.54) is 0 Å². The molecule has 18 heavy (non-hydrogen) atoms. The maximum atomic E-state index is 12.2. The van der Waals surface area contributed by atoms with Crippen LogP contribution in [0.2, 0.25) is 0 Å². The van der Waals surface area contributed by atoms with E-state index in [0.717, 1.165) is 13.3 Å². The van der Waals surface area contributed by atoms with Crippen molar-refractivity contribution in [2.24, 2.45) is 0 Å². The van der Waals surface area contributed by atoms with E-state index < -0.39 is 18.1 Å². The van der Waals surface area contributed by atoms with Gasteiger partial charge in [-0.15, -0.1) is 13.2 Å². The Morgan fingerprint density at radius 3 is 2.61 bits per heavy atom. The van der Waals surface area contributed by atoms with Crippen LogP contribution in [0.5, 0.6) is 5.75 Å². The molecule has 0 unspecified atom stereocenters. The number of ether oxygens (including phenoxy) is 2. The van der Waals surface area contributed by atoms with Gasteiger partial charge in [-0.3, -0.25) is 0 Å². The third kappa shape index (κ3) is 3.70. The highest BCUT2D eigenvalue weighted by molar-refractivity contribution is 14.1. The van der Waals surface area contributed by atoms with Gasteiger partial charge >= 0.3 is 12.3 Å². The Morgan fingerprint density at radius 1 is 1.56 bits per heavy atom. The van der Waals surface area contributed by atoms with E-state index in [1.807, 2.05) is 0 Å². The molecule has 0 radical (unpaired) electrons. The summed E-state index contributed by atoms with van der Waals surface area (Å²) in [6.07, 6.45) is -3.97. The summed E-state index contributed by atoms with van der Waals surface area (Å²) in [6, 6.07) is 0. The Labute approximate surface area is 122 Å². The van der Waals surface area contributed by atoms with Crippen LogP contribution in [0.3, 0.4) is 0 Å². The van der Waals surface area contributed by atoms with Gasteiger partial charge in [0, 0.05) is 10.9 Å². The van der Waals surface area contributed by atoms with Gasteiger partial charge in [0.25, 0.3) is 0 Å². The molecular weight excluding hydrogens is 434 g/mol. The minimum atomic E-state index is -4.81. The molecule has 4 nitrogen and oxygen atoms in total. The molecule has 0 aliphatic rings. The number of hydrogen-bond acceptors (Lipinski definition) is 4. The van der Waals surface area contributed by atoms with Gasteiger partial charge in [0.2, 0.25) is 0 Å². The highest BCUT2D eigenvalue weighted by atomic mass is 127. The first-order valence-corrected chi connectivity index (χ1v) is 6.57. The maximum absolute atomic E-state index is 12.2. The molecule has 100 valence electrons. The zero-order valence-corrected chi connectivity index (χ0v) is 12.6. The molecule has 0 saturated heterocycles. The molecule has 1 rings (SSSR count). The SMILES string of the molecule is COC(=O)c1ncc(OC(F)(F)F)c(CBr)c1I. The van der Waals surface area contributed by atoms with Gasteiger partial charge in [0.1, 0.15) is 0 Å². The predicted octanol–water partition coefficient (Wildman–Crippen LogP) is 3.27. The highest BCUT2D eigenvalue weighted by Crippen LogP contribution is 2.31. The second-order valence-corrected chi connectivity index (χ2v) is 4.58. The number of alkyl halides is 4. The first kappa shape index (κ1) is 15.5. The minimum Gasteiger partial charge on any atom is -0.464 e. The van der Waals surface area contributed by atoms with E-state index in [9.17, 15) is 18.0 Å². The van der Waals surface area contributed by atoms with E-state index >= 15 is 0 Å². The van der Waals surface area contributed by atoms with Crippen LogP contribution in [0, 0.1) is 3.57 Å². The first-order chi connectivity index (χ1) is 8.30. The van der Waals surface area contributed by atoms with Crippen molar-refractivity contribution in [1.82, 2.24) is 4.98 Å². The summed E-state index contributed by atoms with van der Waals surface area (Å²) in [5, 5.41) is 0.0865. The summed E-state index contributed by atoms with van der Waals surface area (Å²) in [5.41, 5.74) is 0.130. The Hall–Kier alpha value is -0.580. The number of carbonyl (C=O) groups is 1. The van der Waals surface area contributed by atoms with Crippen molar-refractivity contribution in [1.29, 1.82) is 0 Å². The molecule has 1 aromatic rings. The van der Waals surface area contributed by atoms with Crippen LogP contribution in [-0.2, 0) is 10.1 Å². The number of pyridine rings is 1. The molecule has 0 aliphatic carbocycles. The standard InChI is InChI=1S/C9H6BrF3INO3/c1-17-8(16)7-6(14)4(2-10)5(3-15-7)18-9(11,12)13/h3H,2H2,1H3. The zero-order valence-electron chi connectivity index (χ0n) is 8.85. The van der Waals surface area contributed by atoms with Crippen LogP contribution in [0.4, 0.5) is 13.2 Å². The van der Waals surface area contributed by atoms with Gasteiger partial charge < -0.3 is 9.47 Å². The van der Waals surface area contributed by atoms with E-state index in [4.69, 9.17) is 0 Å². The summed E-state index contributed by atoms with van der Waals surface area (Å²) in [6.45, 7) is 0. The molecular formula is C9H6BrF3INO3. The van der Waals surface area contributed by atoms with Crippen LogP contribution in [0.25, 0.3) is 0 Å². The Kier molecular flexibility index (Phi) is 5.20. The largest absolute Gasteiger partial charge is 0.573 e. The molecule has 0 aliphatic heterocycles. The predicted molar refractivity (Wildman–Crippen MR) is 67.6 cm³/mol. The first-order valence-electron chi connectivity index (χ1n) is 4.37. The summed E-state index contributed by atoms with van der Waals surface area (Å²) >= 11 is 4.76. The van der Waals surface area contributed by atoms with Crippen LogP contribution < -0.4 is 4.74 Å². The molecule has 1 aromatic heterocycles. The lowest BCUT2D eigenvalue weighted by molar-refractivity contribution is -0.275. The molecule has 0 aromatic carbocycles. The smallest absolute Gasteiger partial charge is 0.464 e. The average molecular weight is 440 g/mol. The van der Waals surface area contributed by atoms with Crippen molar-refractivity contribution in [3.63, 3.8) is 0 Å². The maximum Gasteiger partial charge on any atom is 0.573 e. The van der Waals surface area contributed by atoms with Crippen LogP contribution in [0.1, 0.15) is 16.1 Å². The quantitative estimate of drug-likeness (QED) is 0.412. The normalized spacial score (nSPS) is 11.2. The Balaban J connectivity index is 3.25. The van der Waals surface area contributed by atoms with E-state index in [0.29, 0.717) is 0 Å². The van der Waals surface area contributed by atoms with E-state index in [1.54, 1.807) is 22.6 Å². The molecule has 0 amide bonds. The third-order valence-electron chi connectivity index (χ3n) is 1.82. The summed E-state index contributed by atoms with van der Waals surface area (Å²) < 4.78 is 45.0. The third-order valence-corrected chi connectivity index (χ3v) is 3.54. The molecule has 0 bridgehead atoms. The summed E-state index contributed by atoms with van der Waals surface area (Å²) in [7, 11) is 1.16. The molecule has 9 heteroatoms. The number of nitrogens with zero attached hydrogens (tertiary/aromatic N) is 1. The second kappa shape index (κ2) is 6.04. The number of carbonyl (C=O) groups excluding carboxylic acids is 1. The van der Waals surface area contributed by atoms with Crippen LogP contribution in [-0.4, -0.2) is 24.4 Å². The van der Waals surface area contributed by atoms with E-state index in [2.05, 4.69) is 30.4 Å². The van der Waals surface area contributed by atoms with Crippen LogP contribution >= 0.6 is 38.5 Å².